The molecule has 0 saturated heterocycles. The Bertz CT molecular complexity index is 3020. The van der Waals surface area contributed by atoms with Crippen molar-refractivity contribution in [1.29, 1.82) is 0 Å². The molecule has 0 aliphatic heterocycles. The van der Waals surface area contributed by atoms with Crippen molar-refractivity contribution in [1.82, 2.24) is 0 Å². The van der Waals surface area contributed by atoms with E-state index < -0.39 is 0 Å². The Kier molecular flexibility index (Phi) is 9.07. The molecule has 0 amide bonds. The summed E-state index contributed by atoms with van der Waals surface area (Å²) in [5, 5.41) is 10.2. The molecule has 0 heterocycles. The van der Waals surface area contributed by atoms with Gasteiger partial charge in [-0.05, 0) is 169 Å². The molecule has 0 fully saturated rings. The standard InChI is InChI=1S/C60H50/c1-59(2,3)53-25-19-39(20-26-53)47-33-48(40-21-27-54(28-22-40)60(4,5)6)35-51(34-47)52-37-49(43-23-29-57-45(31-43)17-15-41-11-7-9-13-55(41)57)36-50(38-52)44-24-30-58-46(32-44)18-16-42-12-8-10-14-56(42)58/h7-38H,1-6H3. The first kappa shape index (κ1) is 37.5. The van der Waals surface area contributed by atoms with Gasteiger partial charge in [0.15, 0.2) is 0 Å². The Hall–Kier alpha value is -6.76. The quantitative estimate of drug-likeness (QED) is 0.153. The summed E-state index contributed by atoms with van der Waals surface area (Å²) >= 11 is 0. The molecule has 60 heavy (non-hydrogen) atoms. The van der Waals surface area contributed by atoms with Gasteiger partial charge in [0, 0.05) is 0 Å². The van der Waals surface area contributed by atoms with Crippen LogP contribution in [0.5, 0.6) is 0 Å². The van der Waals surface area contributed by atoms with Crippen LogP contribution in [0, 0.1) is 0 Å². The molecule has 0 N–H and O–H groups in total. The van der Waals surface area contributed by atoms with E-state index in [2.05, 4.69) is 236 Å². The molecule has 10 aromatic rings. The first-order valence-electron chi connectivity index (χ1n) is 21.3. The third-order valence-electron chi connectivity index (χ3n) is 12.5. The maximum atomic E-state index is 2.40. The fraction of sp³-hybridized carbons (Fsp3) is 0.133. The summed E-state index contributed by atoms with van der Waals surface area (Å²) in [7, 11) is 0. The summed E-state index contributed by atoms with van der Waals surface area (Å²) in [5.74, 6) is 0. The molecule has 0 heteroatoms. The maximum Gasteiger partial charge on any atom is -0.0105 e. The van der Waals surface area contributed by atoms with E-state index in [-0.39, 0.29) is 10.8 Å². The predicted molar refractivity (Wildman–Crippen MR) is 261 cm³/mol. The van der Waals surface area contributed by atoms with Crippen molar-refractivity contribution in [3.8, 4) is 55.6 Å². The monoisotopic (exact) mass is 770 g/mol. The van der Waals surface area contributed by atoms with Gasteiger partial charge in [0.25, 0.3) is 0 Å². The highest BCUT2D eigenvalue weighted by atomic mass is 14.2. The van der Waals surface area contributed by atoms with Gasteiger partial charge in [-0.15, -0.1) is 0 Å². The third-order valence-corrected chi connectivity index (χ3v) is 12.5. The smallest absolute Gasteiger partial charge is 0.0105 e. The summed E-state index contributed by atoms with van der Waals surface area (Å²) in [4.78, 5) is 0. The minimum Gasteiger partial charge on any atom is -0.0616 e. The number of benzene rings is 10. The normalized spacial score (nSPS) is 12.2. The molecule has 10 rings (SSSR count). The second kappa shape index (κ2) is 14.5. The lowest BCUT2D eigenvalue weighted by atomic mass is 9.85. The second-order valence-corrected chi connectivity index (χ2v) is 18.7. The molecule has 0 saturated carbocycles. The van der Waals surface area contributed by atoms with Gasteiger partial charge in [-0.3, -0.25) is 0 Å². The van der Waals surface area contributed by atoms with Crippen LogP contribution in [-0.2, 0) is 10.8 Å². The van der Waals surface area contributed by atoms with Gasteiger partial charge in [-0.2, -0.15) is 0 Å². The second-order valence-electron chi connectivity index (χ2n) is 18.7. The van der Waals surface area contributed by atoms with Crippen molar-refractivity contribution in [2.75, 3.05) is 0 Å². The average molecular weight is 771 g/mol. The highest BCUT2D eigenvalue weighted by Gasteiger charge is 2.17. The Morgan fingerprint density at radius 2 is 0.500 bits per heavy atom. The van der Waals surface area contributed by atoms with Crippen molar-refractivity contribution in [3.63, 3.8) is 0 Å². The van der Waals surface area contributed by atoms with E-state index in [1.807, 2.05) is 0 Å². The highest BCUT2D eigenvalue weighted by molar-refractivity contribution is 6.10. The van der Waals surface area contributed by atoms with E-state index in [9.17, 15) is 0 Å². The first-order chi connectivity index (χ1) is 28.9. The van der Waals surface area contributed by atoms with Gasteiger partial charge in [-0.25, -0.2) is 0 Å². The Morgan fingerprint density at radius 3 is 0.867 bits per heavy atom. The summed E-state index contributed by atoms with van der Waals surface area (Å²) in [6.45, 7) is 13.7. The SMILES string of the molecule is CC(C)(C)c1ccc(-c2cc(-c3ccc(C(C)(C)C)cc3)cc(-c3cc(-c4ccc5c(ccc6ccccc65)c4)cc(-c4ccc5c(ccc6ccccc65)c4)c3)c2)cc1. The van der Waals surface area contributed by atoms with Gasteiger partial charge < -0.3 is 0 Å². The number of hydrogen-bond acceptors (Lipinski definition) is 0. The van der Waals surface area contributed by atoms with Gasteiger partial charge in [0.1, 0.15) is 0 Å². The number of rotatable bonds is 5. The van der Waals surface area contributed by atoms with Crippen molar-refractivity contribution in [3.05, 3.63) is 205 Å². The summed E-state index contributed by atoms with van der Waals surface area (Å²) in [5.41, 5.74) is 14.9. The Morgan fingerprint density at radius 1 is 0.217 bits per heavy atom. The summed E-state index contributed by atoms with van der Waals surface area (Å²) in [6, 6.07) is 73.1. The predicted octanol–water partition coefficient (Wildman–Crippen LogP) is 17.2. The lowest BCUT2D eigenvalue weighted by Crippen LogP contribution is -2.10. The van der Waals surface area contributed by atoms with Gasteiger partial charge in [0.05, 0.1) is 0 Å². The zero-order valence-corrected chi connectivity index (χ0v) is 35.5. The van der Waals surface area contributed by atoms with E-state index in [1.54, 1.807) is 0 Å². The van der Waals surface area contributed by atoms with Crippen molar-refractivity contribution in [2.45, 2.75) is 52.4 Å². The van der Waals surface area contributed by atoms with Crippen molar-refractivity contribution >= 4 is 43.1 Å². The van der Waals surface area contributed by atoms with Crippen LogP contribution < -0.4 is 0 Å². The molecule has 0 aromatic heterocycles. The van der Waals surface area contributed by atoms with Crippen LogP contribution in [0.4, 0.5) is 0 Å². The molecule has 0 atom stereocenters. The lowest BCUT2D eigenvalue weighted by molar-refractivity contribution is 0.590. The minimum atomic E-state index is 0.0862. The molecule has 0 nitrogen and oxygen atoms in total. The zero-order chi connectivity index (χ0) is 41.2. The molecule has 0 radical (unpaired) electrons. The van der Waals surface area contributed by atoms with Crippen LogP contribution in [0.3, 0.4) is 0 Å². The van der Waals surface area contributed by atoms with Gasteiger partial charge in [0.2, 0.25) is 0 Å². The van der Waals surface area contributed by atoms with Crippen LogP contribution in [0.15, 0.2) is 194 Å². The maximum absolute atomic E-state index is 2.40. The Balaban J connectivity index is 1.18. The molecular formula is C60H50. The third kappa shape index (κ3) is 7.07. The van der Waals surface area contributed by atoms with Crippen LogP contribution in [0.1, 0.15) is 52.7 Å². The Labute approximate surface area is 354 Å². The molecule has 0 aliphatic rings. The first-order valence-corrected chi connectivity index (χ1v) is 21.3. The van der Waals surface area contributed by atoms with E-state index in [1.165, 1.54) is 110 Å². The van der Waals surface area contributed by atoms with Gasteiger partial charge >= 0.3 is 0 Å². The topological polar surface area (TPSA) is 0 Å². The van der Waals surface area contributed by atoms with E-state index in [0.717, 1.165) is 0 Å². The van der Waals surface area contributed by atoms with Crippen molar-refractivity contribution < 1.29 is 0 Å². The average Bonchev–Trinajstić information content (AvgIpc) is 3.27. The van der Waals surface area contributed by atoms with Crippen LogP contribution in [0.25, 0.3) is 98.7 Å². The highest BCUT2D eigenvalue weighted by Crippen LogP contribution is 2.40. The largest absolute Gasteiger partial charge is 0.0616 e. The van der Waals surface area contributed by atoms with Crippen LogP contribution >= 0.6 is 0 Å². The molecule has 0 aliphatic carbocycles. The van der Waals surface area contributed by atoms with Crippen molar-refractivity contribution in [2.24, 2.45) is 0 Å². The number of hydrogen-bond donors (Lipinski definition) is 0. The number of fused-ring (bicyclic) bond motifs is 6. The molecular weight excluding hydrogens is 721 g/mol. The summed E-state index contributed by atoms with van der Waals surface area (Å²) < 4.78 is 0. The molecule has 10 aromatic carbocycles. The molecule has 0 spiro atoms. The van der Waals surface area contributed by atoms with Crippen LogP contribution in [-0.4, -0.2) is 0 Å². The minimum absolute atomic E-state index is 0.0862. The van der Waals surface area contributed by atoms with E-state index in [4.69, 9.17) is 0 Å². The fourth-order valence-electron chi connectivity index (χ4n) is 8.97. The summed E-state index contributed by atoms with van der Waals surface area (Å²) in [6.07, 6.45) is 0. The van der Waals surface area contributed by atoms with E-state index >= 15 is 0 Å². The molecule has 0 unspecified atom stereocenters. The molecule has 290 valence electrons. The fourth-order valence-corrected chi connectivity index (χ4v) is 8.97. The van der Waals surface area contributed by atoms with Gasteiger partial charge in [-0.1, -0.05) is 187 Å². The lowest BCUT2D eigenvalue weighted by Gasteiger charge is -2.20. The zero-order valence-electron chi connectivity index (χ0n) is 35.5. The molecule has 0 bridgehead atoms. The van der Waals surface area contributed by atoms with Crippen LogP contribution in [0.2, 0.25) is 0 Å². The van der Waals surface area contributed by atoms with E-state index in [0.29, 0.717) is 0 Å².